The number of alkyl halides is 3. The number of hydrogen-bond donors (Lipinski definition) is 1. The molecule has 0 spiro atoms. The Morgan fingerprint density at radius 3 is 2.33 bits per heavy atom. The van der Waals surface area contributed by atoms with Gasteiger partial charge in [0, 0.05) is 13.1 Å². The predicted molar refractivity (Wildman–Crippen MR) is 62.9 cm³/mol. The number of hydrogen-bond acceptors (Lipinski definition) is 2. The Kier molecular flexibility index (Phi) is 4.64. The number of rotatable bonds is 3. The first-order chi connectivity index (χ1) is 8.24. The highest BCUT2D eigenvalue weighted by atomic mass is 19.4. The summed E-state index contributed by atoms with van der Waals surface area (Å²) in [5.74, 6) is -1.75. The largest absolute Gasteiger partial charge is 0.393 e. The summed E-state index contributed by atoms with van der Waals surface area (Å²) in [5.41, 5.74) is 4.93. The molecule has 0 aromatic carbocycles. The molecule has 1 aliphatic rings. The zero-order valence-corrected chi connectivity index (χ0v) is 10.9. The Labute approximate surface area is 106 Å². The van der Waals surface area contributed by atoms with Crippen LogP contribution in [0.15, 0.2) is 0 Å². The molecule has 1 rings (SSSR count). The summed E-state index contributed by atoms with van der Waals surface area (Å²) in [6.07, 6.45) is -2.86. The topological polar surface area (TPSA) is 46.3 Å². The SMILES string of the molecule is CCC(N)(CC)C(=O)N1CCCC(C(F)(F)F)C1. The molecule has 18 heavy (non-hydrogen) atoms. The van der Waals surface area contributed by atoms with Crippen LogP contribution in [0.5, 0.6) is 0 Å². The molecule has 1 saturated heterocycles. The molecule has 1 unspecified atom stereocenters. The molecule has 1 aliphatic heterocycles. The third-order valence-corrected chi connectivity index (χ3v) is 3.86. The summed E-state index contributed by atoms with van der Waals surface area (Å²) in [6.45, 7) is 3.70. The van der Waals surface area contributed by atoms with Crippen LogP contribution in [0.4, 0.5) is 13.2 Å². The molecule has 0 saturated carbocycles. The molecule has 0 aromatic heterocycles. The number of likely N-dealkylation sites (tertiary alicyclic amines) is 1. The van der Waals surface area contributed by atoms with Gasteiger partial charge in [-0.3, -0.25) is 4.79 Å². The summed E-state index contributed by atoms with van der Waals surface area (Å²) in [7, 11) is 0. The lowest BCUT2D eigenvalue weighted by Crippen LogP contribution is -2.57. The molecule has 3 nitrogen and oxygen atoms in total. The van der Waals surface area contributed by atoms with Gasteiger partial charge in [0.1, 0.15) is 0 Å². The van der Waals surface area contributed by atoms with E-state index in [9.17, 15) is 18.0 Å². The van der Waals surface area contributed by atoms with E-state index in [1.807, 2.05) is 0 Å². The average molecular weight is 266 g/mol. The lowest BCUT2D eigenvalue weighted by atomic mass is 9.90. The van der Waals surface area contributed by atoms with Crippen molar-refractivity contribution in [2.75, 3.05) is 13.1 Å². The van der Waals surface area contributed by atoms with Crippen LogP contribution in [0.25, 0.3) is 0 Å². The van der Waals surface area contributed by atoms with Crippen molar-refractivity contribution in [3.05, 3.63) is 0 Å². The number of carbonyl (C=O) groups is 1. The lowest BCUT2D eigenvalue weighted by molar-refractivity contribution is -0.189. The van der Waals surface area contributed by atoms with Gasteiger partial charge in [0.2, 0.25) is 5.91 Å². The van der Waals surface area contributed by atoms with E-state index in [4.69, 9.17) is 5.73 Å². The number of nitrogens with zero attached hydrogens (tertiary/aromatic N) is 1. The zero-order valence-electron chi connectivity index (χ0n) is 10.9. The van der Waals surface area contributed by atoms with Crippen LogP contribution in [-0.4, -0.2) is 35.6 Å². The van der Waals surface area contributed by atoms with E-state index in [0.717, 1.165) is 0 Å². The molecule has 1 fully saturated rings. The summed E-state index contributed by atoms with van der Waals surface area (Å²) in [5, 5.41) is 0. The Hall–Kier alpha value is -0.780. The molecule has 1 amide bonds. The van der Waals surface area contributed by atoms with Crippen molar-refractivity contribution in [2.24, 2.45) is 11.7 Å². The maximum Gasteiger partial charge on any atom is 0.393 e. The Bertz CT molecular complexity index is 300. The van der Waals surface area contributed by atoms with Crippen LogP contribution >= 0.6 is 0 Å². The predicted octanol–water partition coefficient (Wildman–Crippen LogP) is 2.30. The van der Waals surface area contributed by atoms with Crippen molar-refractivity contribution < 1.29 is 18.0 Å². The fourth-order valence-corrected chi connectivity index (χ4v) is 2.30. The number of carbonyl (C=O) groups excluding carboxylic acids is 1. The first kappa shape index (κ1) is 15.3. The first-order valence-electron chi connectivity index (χ1n) is 6.39. The van der Waals surface area contributed by atoms with Gasteiger partial charge in [-0.15, -0.1) is 0 Å². The maximum absolute atomic E-state index is 12.7. The highest BCUT2D eigenvalue weighted by molar-refractivity contribution is 5.86. The molecule has 2 N–H and O–H groups in total. The molecule has 0 aliphatic carbocycles. The van der Waals surface area contributed by atoms with E-state index in [2.05, 4.69) is 0 Å². The third-order valence-electron chi connectivity index (χ3n) is 3.86. The van der Waals surface area contributed by atoms with Gasteiger partial charge in [-0.2, -0.15) is 13.2 Å². The number of halogens is 3. The minimum atomic E-state index is -4.23. The maximum atomic E-state index is 12.7. The second-order valence-corrected chi connectivity index (χ2v) is 5.00. The molecule has 0 radical (unpaired) electrons. The molecule has 6 heteroatoms. The van der Waals surface area contributed by atoms with E-state index in [1.54, 1.807) is 13.8 Å². The zero-order chi connectivity index (χ0) is 14.0. The molecule has 1 atom stereocenters. The van der Waals surface area contributed by atoms with Crippen molar-refractivity contribution in [1.82, 2.24) is 4.90 Å². The average Bonchev–Trinajstić information content (AvgIpc) is 2.36. The highest BCUT2D eigenvalue weighted by Crippen LogP contribution is 2.34. The normalized spacial score (nSPS) is 22.1. The minimum Gasteiger partial charge on any atom is -0.340 e. The monoisotopic (exact) mass is 266 g/mol. The Morgan fingerprint density at radius 2 is 1.89 bits per heavy atom. The van der Waals surface area contributed by atoms with Crippen LogP contribution < -0.4 is 5.73 Å². The molecular formula is C12H21F3N2O. The van der Waals surface area contributed by atoms with Gasteiger partial charge in [0.05, 0.1) is 11.5 Å². The highest BCUT2D eigenvalue weighted by Gasteiger charge is 2.44. The van der Waals surface area contributed by atoms with Gasteiger partial charge in [-0.1, -0.05) is 13.8 Å². The van der Waals surface area contributed by atoms with E-state index in [0.29, 0.717) is 25.8 Å². The molecule has 1 heterocycles. The fourth-order valence-electron chi connectivity index (χ4n) is 2.30. The van der Waals surface area contributed by atoms with Crippen molar-refractivity contribution in [3.63, 3.8) is 0 Å². The molecule has 106 valence electrons. The van der Waals surface area contributed by atoms with Crippen LogP contribution in [0.2, 0.25) is 0 Å². The Morgan fingerprint density at radius 1 is 1.33 bits per heavy atom. The second kappa shape index (κ2) is 5.47. The van der Waals surface area contributed by atoms with Crippen LogP contribution in [0.1, 0.15) is 39.5 Å². The second-order valence-electron chi connectivity index (χ2n) is 5.00. The number of amides is 1. The number of nitrogens with two attached hydrogens (primary N) is 1. The number of piperidine rings is 1. The fraction of sp³-hybridized carbons (Fsp3) is 0.917. The summed E-state index contributed by atoms with van der Waals surface area (Å²) in [6, 6.07) is 0. The molecular weight excluding hydrogens is 245 g/mol. The van der Waals surface area contributed by atoms with Gasteiger partial charge < -0.3 is 10.6 Å². The quantitative estimate of drug-likeness (QED) is 0.852. The van der Waals surface area contributed by atoms with Crippen LogP contribution in [0.3, 0.4) is 0 Å². The molecule has 0 bridgehead atoms. The van der Waals surface area contributed by atoms with Crippen molar-refractivity contribution in [2.45, 2.75) is 51.2 Å². The van der Waals surface area contributed by atoms with E-state index >= 15 is 0 Å². The van der Waals surface area contributed by atoms with Crippen molar-refractivity contribution in [1.29, 1.82) is 0 Å². The first-order valence-corrected chi connectivity index (χ1v) is 6.39. The van der Waals surface area contributed by atoms with Crippen LogP contribution in [0, 0.1) is 5.92 Å². The van der Waals surface area contributed by atoms with Gasteiger partial charge in [0.15, 0.2) is 0 Å². The van der Waals surface area contributed by atoms with Gasteiger partial charge in [0.25, 0.3) is 0 Å². The van der Waals surface area contributed by atoms with Crippen LogP contribution in [-0.2, 0) is 4.79 Å². The van der Waals surface area contributed by atoms with Crippen molar-refractivity contribution in [3.8, 4) is 0 Å². The summed E-state index contributed by atoms with van der Waals surface area (Å²) < 4.78 is 38.0. The van der Waals surface area contributed by atoms with Gasteiger partial charge >= 0.3 is 6.18 Å². The standard InChI is InChI=1S/C12H21F3N2O/c1-3-11(16,4-2)10(18)17-7-5-6-9(8-17)12(13,14)15/h9H,3-8,16H2,1-2H3. The van der Waals surface area contributed by atoms with Crippen molar-refractivity contribution >= 4 is 5.91 Å². The van der Waals surface area contributed by atoms with E-state index in [-0.39, 0.29) is 18.9 Å². The summed E-state index contributed by atoms with van der Waals surface area (Å²) in [4.78, 5) is 13.5. The third kappa shape index (κ3) is 3.16. The van der Waals surface area contributed by atoms with E-state index in [1.165, 1.54) is 4.90 Å². The smallest absolute Gasteiger partial charge is 0.340 e. The Balaban J connectivity index is 2.75. The summed E-state index contributed by atoms with van der Waals surface area (Å²) >= 11 is 0. The van der Waals surface area contributed by atoms with Gasteiger partial charge in [-0.25, -0.2) is 0 Å². The van der Waals surface area contributed by atoms with Gasteiger partial charge in [-0.05, 0) is 25.7 Å². The minimum absolute atomic E-state index is 0.100. The lowest BCUT2D eigenvalue weighted by Gasteiger charge is -2.38. The van der Waals surface area contributed by atoms with E-state index < -0.39 is 17.6 Å². The molecule has 0 aromatic rings.